The number of benzene rings is 6. The molecular weight excluding hydrogens is 591 g/mol. The van der Waals surface area contributed by atoms with Crippen molar-refractivity contribution in [2.24, 2.45) is 0 Å². The molecule has 6 aromatic rings. The zero-order valence-corrected chi connectivity index (χ0v) is 30.2. The molecule has 0 amide bonds. The van der Waals surface area contributed by atoms with Crippen molar-refractivity contribution in [1.82, 2.24) is 0 Å². The molecule has 0 aliphatic carbocycles. The minimum Gasteiger partial charge on any atom is -0.355 e. The Kier molecular flexibility index (Phi) is 10.5. The van der Waals surface area contributed by atoms with Crippen LogP contribution < -0.4 is 5.32 Å². The first-order valence-electron chi connectivity index (χ1n) is 18.0. The van der Waals surface area contributed by atoms with Gasteiger partial charge >= 0.3 is 0 Å². The zero-order chi connectivity index (χ0) is 34.5. The van der Waals surface area contributed by atoms with E-state index in [1.807, 2.05) is 0 Å². The Bertz CT molecular complexity index is 1740. The number of hydrogen-bond acceptors (Lipinski definition) is 1. The summed E-state index contributed by atoms with van der Waals surface area (Å²) in [5, 5.41) is 4.27. The van der Waals surface area contributed by atoms with Gasteiger partial charge in [0.15, 0.2) is 0 Å². The van der Waals surface area contributed by atoms with Crippen LogP contribution in [0.2, 0.25) is 0 Å². The van der Waals surface area contributed by atoms with E-state index in [9.17, 15) is 0 Å². The molecule has 1 N–H and O–H groups in total. The SMILES string of the molecule is Cc1cc(C(c2ccccc2)c2ccccc2)c(Nc2c(C(C)C)cc(C(C)C)cc2C(C)C)c(C(c2ccccc2)c2ccccc2)c1. The third-order valence-electron chi connectivity index (χ3n) is 9.88. The van der Waals surface area contributed by atoms with Crippen molar-refractivity contribution in [3.05, 3.63) is 201 Å². The average Bonchev–Trinajstić information content (AvgIpc) is 3.11. The van der Waals surface area contributed by atoms with Gasteiger partial charge in [0.1, 0.15) is 0 Å². The fraction of sp³-hybridized carbons (Fsp3) is 0.250. The molecule has 248 valence electrons. The lowest BCUT2D eigenvalue weighted by molar-refractivity contribution is 0.807. The first-order chi connectivity index (χ1) is 23.7. The highest BCUT2D eigenvalue weighted by Crippen LogP contribution is 2.47. The summed E-state index contributed by atoms with van der Waals surface area (Å²) in [5.41, 5.74) is 15.6. The Morgan fingerprint density at radius 3 is 0.939 bits per heavy atom. The van der Waals surface area contributed by atoms with Crippen LogP contribution in [0.5, 0.6) is 0 Å². The highest BCUT2D eigenvalue weighted by atomic mass is 14.9. The molecule has 0 unspecified atom stereocenters. The van der Waals surface area contributed by atoms with E-state index in [1.165, 1.54) is 67.0 Å². The van der Waals surface area contributed by atoms with Crippen LogP contribution in [-0.4, -0.2) is 0 Å². The second-order valence-corrected chi connectivity index (χ2v) is 14.5. The number of hydrogen-bond donors (Lipinski definition) is 1. The van der Waals surface area contributed by atoms with Crippen LogP contribution in [0.1, 0.15) is 127 Å². The van der Waals surface area contributed by atoms with E-state index in [4.69, 9.17) is 0 Å². The Hall–Kier alpha value is -4.88. The van der Waals surface area contributed by atoms with Crippen LogP contribution in [0.4, 0.5) is 11.4 Å². The summed E-state index contributed by atoms with van der Waals surface area (Å²) in [5.74, 6) is 1.24. The van der Waals surface area contributed by atoms with Gasteiger partial charge in [0, 0.05) is 23.2 Å². The Labute approximate surface area is 295 Å². The van der Waals surface area contributed by atoms with Crippen molar-refractivity contribution < 1.29 is 0 Å². The Balaban J connectivity index is 1.73. The van der Waals surface area contributed by atoms with Crippen molar-refractivity contribution in [3.63, 3.8) is 0 Å². The van der Waals surface area contributed by atoms with Gasteiger partial charge in [0.25, 0.3) is 0 Å². The molecule has 0 radical (unpaired) electrons. The van der Waals surface area contributed by atoms with Crippen LogP contribution in [0.3, 0.4) is 0 Å². The molecule has 0 saturated heterocycles. The third kappa shape index (κ3) is 7.42. The number of rotatable bonds is 11. The number of nitrogens with one attached hydrogen (secondary N) is 1. The van der Waals surface area contributed by atoms with Gasteiger partial charge in [-0.2, -0.15) is 0 Å². The molecule has 0 bridgehead atoms. The number of aryl methyl sites for hydroxylation is 1. The summed E-state index contributed by atoms with van der Waals surface area (Å²) < 4.78 is 0. The maximum atomic E-state index is 4.27. The van der Waals surface area contributed by atoms with E-state index in [0.717, 1.165) is 0 Å². The lowest BCUT2D eigenvalue weighted by Crippen LogP contribution is -2.15. The van der Waals surface area contributed by atoms with Crippen molar-refractivity contribution in [1.29, 1.82) is 0 Å². The summed E-state index contributed by atoms with van der Waals surface area (Å²) >= 11 is 0. The van der Waals surface area contributed by atoms with E-state index in [-0.39, 0.29) is 11.8 Å². The highest BCUT2D eigenvalue weighted by Gasteiger charge is 2.29. The summed E-state index contributed by atoms with van der Waals surface area (Å²) in [4.78, 5) is 0. The molecular formula is C48H51N. The summed E-state index contributed by atoms with van der Waals surface area (Å²) in [7, 11) is 0. The molecule has 0 atom stereocenters. The average molecular weight is 642 g/mol. The molecule has 1 nitrogen and oxygen atoms in total. The van der Waals surface area contributed by atoms with E-state index < -0.39 is 0 Å². The second kappa shape index (κ2) is 15.1. The van der Waals surface area contributed by atoms with Crippen LogP contribution in [0.25, 0.3) is 0 Å². The zero-order valence-electron chi connectivity index (χ0n) is 30.2. The lowest BCUT2D eigenvalue weighted by atomic mass is 9.77. The van der Waals surface area contributed by atoms with Crippen LogP contribution in [0, 0.1) is 6.92 Å². The quantitative estimate of drug-likeness (QED) is 0.139. The molecule has 0 aliphatic rings. The molecule has 0 aromatic heterocycles. The van der Waals surface area contributed by atoms with E-state index in [0.29, 0.717) is 17.8 Å². The molecule has 6 rings (SSSR count). The first-order valence-corrected chi connectivity index (χ1v) is 18.0. The fourth-order valence-electron chi connectivity index (χ4n) is 7.35. The van der Waals surface area contributed by atoms with E-state index in [1.54, 1.807) is 0 Å². The molecule has 0 saturated carbocycles. The van der Waals surface area contributed by atoms with E-state index in [2.05, 4.69) is 199 Å². The fourth-order valence-corrected chi connectivity index (χ4v) is 7.35. The molecule has 0 heterocycles. The van der Waals surface area contributed by atoms with Gasteiger partial charge in [-0.1, -0.05) is 193 Å². The second-order valence-electron chi connectivity index (χ2n) is 14.5. The molecule has 0 spiro atoms. The van der Waals surface area contributed by atoms with Gasteiger partial charge in [-0.05, 0) is 74.7 Å². The van der Waals surface area contributed by atoms with Gasteiger partial charge in [0.05, 0.1) is 0 Å². The van der Waals surface area contributed by atoms with Gasteiger partial charge in [0.2, 0.25) is 0 Å². The van der Waals surface area contributed by atoms with Gasteiger partial charge in [-0.15, -0.1) is 0 Å². The van der Waals surface area contributed by atoms with Crippen LogP contribution in [0.15, 0.2) is 146 Å². The van der Waals surface area contributed by atoms with Crippen LogP contribution >= 0.6 is 0 Å². The molecule has 1 heteroatoms. The monoisotopic (exact) mass is 641 g/mol. The largest absolute Gasteiger partial charge is 0.355 e. The maximum absolute atomic E-state index is 4.27. The third-order valence-corrected chi connectivity index (χ3v) is 9.88. The molecule has 6 aromatic carbocycles. The number of anilines is 2. The van der Waals surface area contributed by atoms with Crippen molar-refractivity contribution in [2.45, 2.75) is 78.1 Å². The van der Waals surface area contributed by atoms with Crippen molar-refractivity contribution in [3.8, 4) is 0 Å². The summed E-state index contributed by atoms with van der Waals surface area (Å²) in [6.07, 6.45) is 0. The van der Waals surface area contributed by atoms with Gasteiger partial charge in [-0.3, -0.25) is 0 Å². The topological polar surface area (TPSA) is 12.0 Å². The molecule has 49 heavy (non-hydrogen) atoms. The Morgan fingerprint density at radius 2 is 0.653 bits per heavy atom. The van der Waals surface area contributed by atoms with Crippen molar-refractivity contribution >= 4 is 11.4 Å². The Morgan fingerprint density at radius 1 is 0.347 bits per heavy atom. The van der Waals surface area contributed by atoms with Crippen LogP contribution in [-0.2, 0) is 0 Å². The standard InChI is InChI=1S/C48H51N/c1-32(2)40-30-41(33(3)4)47(42(31-40)34(5)6)49-48-43(45(36-20-12-8-13-21-36)37-22-14-9-15-23-37)28-35(7)29-44(48)46(38-24-16-10-17-25-38)39-26-18-11-19-27-39/h8-34,45-46,49H,1-7H3. The molecule has 0 fully saturated rings. The van der Waals surface area contributed by atoms with Crippen molar-refractivity contribution in [2.75, 3.05) is 5.32 Å². The lowest BCUT2D eigenvalue weighted by Gasteiger charge is -2.31. The predicted octanol–water partition coefficient (Wildman–Crippen LogP) is 13.5. The predicted molar refractivity (Wildman–Crippen MR) is 211 cm³/mol. The minimum absolute atomic E-state index is 0.0377. The normalized spacial score (nSPS) is 11.7. The molecule has 0 aliphatic heterocycles. The van der Waals surface area contributed by atoms with E-state index >= 15 is 0 Å². The smallest absolute Gasteiger partial charge is 0.0469 e. The maximum Gasteiger partial charge on any atom is 0.0469 e. The highest BCUT2D eigenvalue weighted by molar-refractivity contribution is 5.77. The first kappa shape index (κ1) is 34.0. The summed E-state index contributed by atoms with van der Waals surface area (Å²) in [6.45, 7) is 16.2. The summed E-state index contributed by atoms with van der Waals surface area (Å²) in [6, 6.07) is 53.9. The minimum atomic E-state index is 0.0377. The van der Waals surface area contributed by atoms with Gasteiger partial charge in [-0.25, -0.2) is 0 Å². The van der Waals surface area contributed by atoms with Gasteiger partial charge < -0.3 is 5.32 Å².